The summed E-state index contributed by atoms with van der Waals surface area (Å²) >= 11 is 3.48. The van der Waals surface area contributed by atoms with Gasteiger partial charge in [-0.2, -0.15) is 0 Å². The number of ether oxygens (including phenoxy) is 1. The topological polar surface area (TPSA) is 83.2 Å². The number of carbonyl (C=O) groups is 2. The van der Waals surface area contributed by atoms with Crippen molar-refractivity contribution in [3.05, 3.63) is 106 Å². The number of rotatable bonds is 8. The first-order valence-electron chi connectivity index (χ1n) is 11.1. The third-order valence-corrected chi connectivity index (χ3v) is 6.13. The monoisotopic (exact) mass is 519 g/mol. The van der Waals surface area contributed by atoms with Gasteiger partial charge in [-0.25, -0.2) is 4.79 Å². The van der Waals surface area contributed by atoms with E-state index in [-0.39, 0.29) is 18.6 Å². The van der Waals surface area contributed by atoms with Gasteiger partial charge in [0.25, 0.3) is 0 Å². The zero-order valence-corrected chi connectivity index (χ0v) is 20.3. The molecule has 0 bridgehead atoms. The molecular formula is C27H26BrN3O3. The Morgan fingerprint density at radius 3 is 2.41 bits per heavy atom. The number of carbonyl (C=O) groups excluding carboxylic acids is 2. The summed E-state index contributed by atoms with van der Waals surface area (Å²) in [6, 6.07) is 24.0. The van der Waals surface area contributed by atoms with Crippen molar-refractivity contribution in [3.8, 4) is 0 Å². The van der Waals surface area contributed by atoms with Crippen LogP contribution in [-0.4, -0.2) is 23.0 Å². The number of H-pyrrole nitrogens is 1. The maximum Gasteiger partial charge on any atom is 0.408 e. The summed E-state index contributed by atoms with van der Waals surface area (Å²) in [5.74, 6) is -0.278. The zero-order valence-electron chi connectivity index (χ0n) is 18.8. The fourth-order valence-corrected chi connectivity index (χ4v) is 4.16. The van der Waals surface area contributed by atoms with E-state index in [1.165, 1.54) is 0 Å². The Balaban J connectivity index is 1.49. The molecular weight excluding hydrogens is 494 g/mol. The van der Waals surface area contributed by atoms with Gasteiger partial charge < -0.3 is 20.4 Å². The molecule has 6 nitrogen and oxygen atoms in total. The summed E-state index contributed by atoms with van der Waals surface area (Å²) in [4.78, 5) is 29.1. The lowest BCUT2D eigenvalue weighted by Gasteiger charge is -2.21. The summed E-state index contributed by atoms with van der Waals surface area (Å²) in [5.41, 5.74) is 3.74. The van der Waals surface area contributed by atoms with Crippen LogP contribution < -0.4 is 10.6 Å². The number of nitrogens with one attached hydrogen (secondary N) is 3. The number of hydrogen-bond donors (Lipinski definition) is 3. The average Bonchev–Trinajstić information content (AvgIpc) is 3.25. The Morgan fingerprint density at radius 2 is 1.68 bits per heavy atom. The van der Waals surface area contributed by atoms with Gasteiger partial charge in [-0.3, -0.25) is 4.79 Å². The molecule has 174 valence electrons. The van der Waals surface area contributed by atoms with Crippen molar-refractivity contribution in [2.75, 3.05) is 0 Å². The van der Waals surface area contributed by atoms with Crippen LogP contribution in [0.25, 0.3) is 10.9 Å². The minimum Gasteiger partial charge on any atom is -0.445 e. The lowest BCUT2D eigenvalue weighted by molar-refractivity contribution is -0.123. The van der Waals surface area contributed by atoms with Crippen molar-refractivity contribution in [2.45, 2.75) is 32.0 Å². The highest BCUT2D eigenvalue weighted by Crippen LogP contribution is 2.23. The number of amides is 2. The second-order valence-corrected chi connectivity index (χ2v) is 9.02. The van der Waals surface area contributed by atoms with Gasteiger partial charge >= 0.3 is 6.09 Å². The smallest absolute Gasteiger partial charge is 0.408 e. The van der Waals surface area contributed by atoms with E-state index >= 15 is 0 Å². The Morgan fingerprint density at radius 1 is 0.971 bits per heavy atom. The highest BCUT2D eigenvalue weighted by atomic mass is 79.9. The molecule has 2 atom stereocenters. The molecule has 1 aromatic heterocycles. The fraction of sp³-hybridized carbons (Fsp3) is 0.185. The molecule has 0 radical (unpaired) electrons. The third-order valence-electron chi connectivity index (χ3n) is 5.63. The van der Waals surface area contributed by atoms with Gasteiger partial charge in [0.05, 0.1) is 6.04 Å². The molecule has 4 rings (SSSR count). The lowest BCUT2D eigenvalue weighted by atomic mass is 10.0. The van der Waals surface area contributed by atoms with Crippen LogP contribution in [0.3, 0.4) is 0 Å². The van der Waals surface area contributed by atoms with E-state index in [0.29, 0.717) is 6.42 Å². The van der Waals surface area contributed by atoms with Gasteiger partial charge in [-0.15, -0.1) is 0 Å². The van der Waals surface area contributed by atoms with E-state index < -0.39 is 12.1 Å². The molecule has 0 saturated heterocycles. The second kappa shape index (κ2) is 11.0. The van der Waals surface area contributed by atoms with E-state index in [4.69, 9.17) is 4.74 Å². The van der Waals surface area contributed by atoms with Crippen LogP contribution in [0.2, 0.25) is 0 Å². The fourth-order valence-electron chi connectivity index (χ4n) is 3.80. The molecule has 4 aromatic rings. The van der Waals surface area contributed by atoms with Gasteiger partial charge in [0.2, 0.25) is 5.91 Å². The highest BCUT2D eigenvalue weighted by Gasteiger charge is 2.25. The highest BCUT2D eigenvalue weighted by molar-refractivity contribution is 9.10. The summed E-state index contributed by atoms with van der Waals surface area (Å²) in [6.45, 7) is 2.05. The van der Waals surface area contributed by atoms with E-state index in [9.17, 15) is 9.59 Å². The number of halogens is 1. The van der Waals surface area contributed by atoms with Gasteiger partial charge in [0, 0.05) is 28.0 Å². The van der Waals surface area contributed by atoms with Crippen LogP contribution in [0.5, 0.6) is 0 Å². The van der Waals surface area contributed by atoms with Crippen molar-refractivity contribution in [1.82, 2.24) is 15.6 Å². The number of aromatic nitrogens is 1. The number of alkyl carbamates (subject to hydrolysis) is 1. The van der Waals surface area contributed by atoms with Crippen LogP contribution >= 0.6 is 15.9 Å². The normalized spacial score (nSPS) is 12.6. The van der Waals surface area contributed by atoms with Crippen molar-refractivity contribution >= 4 is 38.8 Å². The second-order valence-electron chi connectivity index (χ2n) is 8.11. The van der Waals surface area contributed by atoms with Crippen molar-refractivity contribution in [1.29, 1.82) is 0 Å². The standard InChI is InChI=1S/C27H26BrN3O3/c1-18(20-10-6-3-7-11-20)30-26(32)25(31-27(33)34-17-19-8-4-2-5-9-19)14-21-16-29-24-15-22(28)12-13-23(21)24/h2-13,15-16,18,25,29H,14,17H2,1H3,(H,30,32)(H,31,33)/t18-,25+/m1/s1. The molecule has 34 heavy (non-hydrogen) atoms. The van der Waals surface area contributed by atoms with E-state index in [1.54, 1.807) is 0 Å². The van der Waals surface area contributed by atoms with Gasteiger partial charge in [-0.05, 0) is 35.7 Å². The molecule has 0 aliphatic rings. The van der Waals surface area contributed by atoms with Crippen LogP contribution in [0, 0.1) is 0 Å². The Hall–Kier alpha value is -3.58. The van der Waals surface area contributed by atoms with Gasteiger partial charge in [0.1, 0.15) is 12.6 Å². The zero-order chi connectivity index (χ0) is 23.9. The van der Waals surface area contributed by atoms with E-state index in [1.807, 2.05) is 92.0 Å². The Kier molecular flexibility index (Phi) is 7.65. The molecule has 0 saturated carbocycles. The molecule has 1 heterocycles. The first-order chi connectivity index (χ1) is 16.5. The van der Waals surface area contributed by atoms with Crippen LogP contribution in [0.15, 0.2) is 89.5 Å². The minimum absolute atomic E-state index is 0.128. The molecule has 2 amide bonds. The number of hydrogen-bond acceptors (Lipinski definition) is 3. The molecule has 3 N–H and O–H groups in total. The first-order valence-corrected chi connectivity index (χ1v) is 11.9. The van der Waals surface area contributed by atoms with Crippen LogP contribution in [0.4, 0.5) is 4.79 Å². The number of aromatic amines is 1. The summed E-state index contributed by atoms with van der Waals surface area (Å²) in [7, 11) is 0. The van der Waals surface area contributed by atoms with Gasteiger partial charge in [0.15, 0.2) is 0 Å². The third kappa shape index (κ3) is 6.05. The predicted molar refractivity (Wildman–Crippen MR) is 136 cm³/mol. The number of fused-ring (bicyclic) bond motifs is 1. The van der Waals surface area contributed by atoms with E-state index in [2.05, 4.69) is 31.5 Å². The Labute approximate surface area is 206 Å². The Bertz CT molecular complexity index is 1260. The molecule has 0 fully saturated rings. The number of benzene rings is 3. The lowest BCUT2D eigenvalue weighted by Crippen LogP contribution is -2.48. The van der Waals surface area contributed by atoms with Crippen molar-refractivity contribution in [2.24, 2.45) is 0 Å². The molecule has 0 aliphatic heterocycles. The molecule has 0 spiro atoms. The molecule has 3 aromatic carbocycles. The van der Waals surface area contributed by atoms with Crippen molar-refractivity contribution < 1.29 is 14.3 Å². The average molecular weight is 520 g/mol. The molecule has 0 aliphatic carbocycles. The maximum absolute atomic E-state index is 13.3. The largest absolute Gasteiger partial charge is 0.445 e. The minimum atomic E-state index is -0.808. The quantitative estimate of drug-likeness (QED) is 0.281. The SMILES string of the molecule is C[C@@H](NC(=O)[C@H](Cc1c[nH]c2cc(Br)ccc12)NC(=O)OCc1ccccc1)c1ccccc1. The summed E-state index contributed by atoms with van der Waals surface area (Å²) < 4.78 is 6.34. The summed E-state index contributed by atoms with van der Waals surface area (Å²) in [6.07, 6.45) is 1.55. The molecule has 7 heteroatoms. The van der Waals surface area contributed by atoms with Crippen LogP contribution in [-0.2, 0) is 22.6 Å². The van der Waals surface area contributed by atoms with Crippen LogP contribution in [0.1, 0.15) is 29.7 Å². The van der Waals surface area contributed by atoms with Crippen molar-refractivity contribution in [3.63, 3.8) is 0 Å². The first kappa shape index (κ1) is 23.6. The predicted octanol–water partition coefficient (Wildman–Crippen LogP) is 5.65. The molecule has 0 unspecified atom stereocenters. The van der Waals surface area contributed by atoms with Gasteiger partial charge in [-0.1, -0.05) is 82.7 Å². The summed E-state index contributed by atoms with van der Waals surface area (Å²) in [5, 5.41) is 6.78. The van der Waals surface area contributed by atoms with E-state index in [0.717, 1.165) is 32.1 Å². The maximum atomic E-state index is 13.3.